The van der Waals surface area contributed by atoms with Crippen LogP contribution in [0.1, 0.15) is 15.9 Å². The second kappa shape index (κ2) is 8.18. The summed E-state index contributed by atoms with van der Waals surface area (Å²) in [5.74, 6) is -0.206. The fourth-order valence-corrected chi connectivity index (χ4v) is 2.78. The monoisotopic (exact) mass is 371 g/mol. The summed E-state index contributed by atoms with van der Waals surface area (Å²) in [5, 5.41) is 2.85. The number of hydrogen-bond acceptors (Lipinski definition) is 4. The van der Waals surface area contributed by atoms with Crippen LogP contribution in [0.15, 0.2) is 42.5 Å². The van der Waals surface area contributed by atoms with E-state index in [0.29, 0.717) is 23.5 Å². The normalized spacial score (nSPS) is 13.3. The number of fused-ring (bicyclic) bond motifs is 1. The molecule has 1 N–H and O–H groups in total. The van der Waals surface area contributed by atoms with Crippen molar-refractivity contribution in [2.75, 3.05) is 38.7 Å². The molecule has 0 aliphatic carbocycles. The summed E-state index contributed by atoms with van der Waals surface area (Å²) in [7, 11) is 3.86. The molecule has 7 heteroatoms. The average Bonchev–Trinajstić information content (AvgIpc) is 2.65. The summed E-state index contributed by atoms with van der Waals surface area (Å²) >= 11 is 0. The number of hydrogen-bond donors (Lipinski definition) is 1. The molecule has 2 amide bonds. The van der Waals surface area contributed by atoms with Gasteiger partial charge in [-0.3, -0.25) is 9.59 Å². The first kappa shape index (κ1) is 18.8. The molecule has 1 aliphatic rings. The maximum absolute atomic E-state index is 13.1. The third-order valence-corrected chi connectivity index (χ3v) is 4.26. The zero-order chi connectivity index (χ0) is 19.4. The molecular weight excluding hydrogens is 349 g/mol. The van der Waals surface area contributed by atoms with E-state index < -0.39 is 0 Å². The molecule has 6 nitrogen and oxygen atoms in total. The van der Waals surface area contributed by atoms with Gasteiger partial charge >= 0.3 is 0 Å². The SMILES string of the molecule is CN(C)CCNC(=O)c1ccc2c(c1)N(Cc1ccc(F)cc1)C(=O)CO2. The number of likely N-dealkylation sites (N-methyl/N-ethyl adjacent to an activating group) is 1. The second-order valence-corrected chi connectivity index (χ2v) is 6.64. The Bertz CT molecular complexity index is 837. The third kappa shape index (κ3) is 4.62. The van der Waals surface area contributed by atoms with Gasteiger partial charge in [0.25, 0.3) is 11.8 Å². The first-order valence-electron chi connectivity index (χ1n) is 8.68. The maximum atomic E-state index is 13.1. The molecule has 0 unspecified atom stereocenters. The minimum Gasteiger partial charge on any atom is -0.482 e. The molecule has 0 atom stereocenters. The lowest BCUT2D eigenvalue weighted by molar-refractivity contribution is -0.121. The summed E-state index contributed by atoms with van der Waals surface area (Å²) in [6, 6.07) is 11.0. The van der Waals surface area contributed by atoms with E-state index in [9.17, 15) is 14.0 Å². The fourth-order valence-electron chi connectivity index (χ4n) is 2.78. The Morgan fingerprint density at radius 3 is 2.67 bits per heavy atom. The average molecular weight is 371 g/mol. The van der Waals surface area contributed by atoms with E-state index in [1.54, 1.807) is 35.2 Å². The van der Waals surface area contributed by atoms with E-state index in [1.807, 2.05) is 19.0 Å². The third-order valence-electron chi connectivity index (χ3n) is 4.26. The van der Waals surface area contributed by atoms with Gasteiger partial charge in [-0.1, -0.05) is 12.1 Å². The van der Waals surface area contributed by atoms with E-state index >= 15 is 0 Å². The number of carbonyl (C=O) groups is 2. The van der Waals surface area contributed by atoms with E-state index in [1.165, 1.54) is 12.1 Å². The Kier molecular flexibility index (Phi) is 5.71. The lowest BCUT2D eigenvalue weighted by atomic mass is 10.1. The van der Waals surface area contributed by atoms with E-state index in [2.05, 4.69) is 5.32 Å². The van der Waals surface area contributed by atoms with Crippen LogP contribution in [0.3, 0.4) is 0 Å². The van der Waals surface area contributed by atoms with E-state index in [-0.39, 0.29) is 30.8 Å². The Balaban J connectivity index is 1.81. The molecule has 3 rings (SSSR count). The molecule has 27 heavy (non-hydrogen) atoms. The highest BCUT2D eigenvalue weighted by Crippen LogP contribution is 2.34. The minimum atomic E-state index is -0.330. The van der Waals surface area contributed by atoms with Crippen molar-refractivity contribution in [2.24, 2.45) is 0 Å². The van der Waals surface area contributed by atoms with Gasteiger partial charge in [-0.15, -0.1) is 0 Å². The number of amides is 2. The summed E-state index contributed by atoms with van der Waals surface area (Å²) in [4.78, 5) is 28.3. The van der Waals surface area contributed by atoms with Crippen molar-refractivity contribution in [1.29, 1.82) is 0 Å². The lowest BCUT2D eigenvalue weighted by Crippen LogP contribution is -2.38. The van der Waals surface area contributed by atoms with Crippen LogP contribution in [0.25, 0.3) is 0 Å². The summed E-state index contributed by atoms with van der Waals surface area (Å²) in [5.41, 5.74) is 1.78. The van der Waals surface area contributed by atoms with Gasteiger partial charge in [-0.2, -0.15) is 0 Å². The fraction of sp³-hybridized carbons (Fsp3) is 0.300. The van der Waals surface area contributed by atoms with Crippen molar-refractivity contribution in [3.8, 4) is 5.75 Å². The summed E-state index contributed by atoms with van der Waals surface area (Å²) in [6.45, 7) is 1.47. The number of rotatable bonds is 6. The van der Waals surface area contributed by atoms with Gasteiger partial charge in [0.05, 0.1) is 12.2 Å². The van der Waals surface area contributed by atoms with E-state index in [0.717, 1.165) is 12.1 Å². The van der Waals surface area contributed by atoms with Crippen molar-refractivity contribution < 1.29 is 18.7 Å². The second-order valence-electron chi connectivity index (χ2n) is 6.64. The number of nitrogens with one attached hydrogen (secondary N) is 1. The van der Waals surface area contributed by atoms with Crippen LogP contribution in [0.4, 0.5) is 10.1 Å². The van der Waals surface area contributed by atoms with Crippen LogP contribution >= 0.6 is 0 Å². The van der Waals surface area contributed by atoms with E-state index in [4.69, 9.17) is 4.74 Å². The molecule has 142 valence electrons. The van der Waals surface area contributed by atoms with Crippen molar-refractivity contribution in [2.45, 2.75) is 6.54 Å². The first-order valence-corrected chi connectivity index (χ1v) is 8.68. The number of benzene rings is 2. The minimum absolute atomic E-state index is 0.0669. The highest BCUT2D eigenvalue weighted by Gasteiger charge is 2.26. The number of carbonyl (C=O) groups excluding carboxylic acids is 2. The lowest BCUT2D eigenvalue weighted by Gasteiger charge is -2.30. The van der Waals surface area contributed by atoms with Crippen LogP contribution in [-0.4, -0.2) is 50.5 Å². The van der Waals surface area contributed by atoms with Gasteiger partial charge in [-0.25, -0.2) is 4.39 Å². The van der Waals surface area contributed by atoms with Gasteiger partial charge in [-0.05, 0) is 50.0 Å². The van der Waals surface area contributed by atoms with Crippen LogP contribution in [0.2, 0.25) is 0 Å². The molecular formula is C20H22FN3O3. The highest BCUT2D eigenvalue weighted by atomic mass is 19.1. The predicted molar refractivity (Wildman–Crippen MR) is 100 cm³/mol. The predicted octanol–water partition coefficient (Wildman–Crippen LogP) is 2.04. The van der Waals surface area contributed by atoms with Crippen LogP contribution in [0.5, 0.6) is 5.75 Å². The van der Waals surface area contributed by atoms with Gasteiger partial charge in [0, 0.05) is 18.7 Å². The molecule has 0 bridgehead atoms. The molecule has 0 fully saturated rings. The smallest absolute Gasteiger partial charge is 0.265 e. The quantitative estimate of drug-likeness (QED) is 0.844. The topological polar surface area (TPSA) is 61.9 Å². The van der Waals surface area contributed by atoms with Gasteiger partial charge < -0.3 is 19.9 Å². The molecule has 1 aliphatic heterocycles. The Hall–Kier alpha value is -2.93. The molecule has 0 aromatic heterocycles. The summed E-state index contributed by atoms with van der Waals surface area (Å²) in [6.07, 6.45) is 0. The molecule has 0 radical (unpaired) electrons. The molecule has 0 saturated carbocycles. The van der Waals surface area contributed by atoms with Crippen LogP contribution < -0.4 is 15.0 Å². The first-order chi connectivity index (χ1) is 12.9. The zero-order valence-electron chi connectivity index (χ0n) is 15.4. The molecule has 0 saturated heterocycles. The van der Waals surface area contributed by atoms with Gasteiger partial charge in [0.1, 0.15) is 11.6 Å². The van der Waals surface area contributed by atoms with Crippen molar-refractivity contribution >= 4 is 17.5 Å². The molecule has 0 spiro atoms. The Morgan fingerprint density at radius 1 is 1.22 bits per heavy atom. The molecule has 2 aromatic carbocycles. The van der Waals surface area contributed by atoms with Gasteiger partial charge in [0.15, 0.2) is 6.61 Å². The molecule has 2 aromatic rings. The van der Waals surface area contributed by atoms with Crippen LogP contribution in [0, 0.1) is 5.82 Å². The number of nitrogens with zero attached hydrogens (tertiary/aromatic N) is 2. The number of halogens is 1. The Labute approximate surface area is 157 Å². The summed E-state index contributed by atoms with van der Waals surface area (Å²) < 4.78 is 18.6. The standard InChI is InChI=1S/C20H22FN3O3/c1-23(2)10-9-22-20(26)15-5-8-18-17(11-15)24(19(25)13-27-18)12-14-3-6-16(21)7-4-14/h3-8,11H,9-10,12-13H2,1-2H3,(H,22,26). The molecule has 1 heterocycles. The van der Waals surface area contributed by atoms with Crippen molar-refractivity contribution in [1.82, 2.24) is 10.2 Å². The zero-order valence-corrected chi connectivity index (χ0v) is 15.4. The number of anilines is 1. The van der Waals surface area contributed by atoms with Crippen molar-refractivity contribution in [3.05, 3.63) is 59.4 Å². The van der Waals surface area contributed by atoms with Crippen LogP contribution in [-0.2, 0) is 11.3 Å². The number of ether oxygens (including phenoxy) is 1. The maximum Gasteiger partial charge on any atom is 0.265 e. The Morgan fingerprint density at radius 2 is 1.96 bits per heavy atom. The van der Waals surface area contributed by atoms with Gasteiger partial charge in [0.2, 0.25) is 0 Å². The highest BCUT2D eigenvalue weighted by molar-refractivity contribution is 6.01. The van der Waals surface area contributed by atoms with Crippen molar-refractivity contribution in [3.63, 3.8) is 0 Å². The largest absolute Gasteiger partial charge is 0.482 e.